The van der Waals surface area contributed by atoms with Crippen LogP contribution in [0.4, 0.5) is 11.4 Å². The van der Waals surface area contributed by atoms with Gasteiger partial charge in [0.25, 0.3) is 0 Å². The zero-order valence-electron chi connectivity index (χ0n) is 12.1. The molecular weight excluding hydrogens is 314 g/mol. The van der Waals surface area contributed by atoms with Crippen LogP contribution in [0, 0.1) is 6.92 Å². The van der Waals surface area contributed by atoms with Gasteiger partial charge < -0.3 is 10.0 Å². The van der Waals surface area contributed by atoms with E-state index in [-0.39, 0.29) is 0 Å². The highest BCUT2D eigenvalue weighted by Crippen LogP contribution is 2.31. The summed E-state index contributed by atoms with van der Waals surface area (Å²) in [6.45, 7) is 6.89. The van der Waals surface area contributed by atoms with E-state index in [1.165, 1.54) is 11.3 Å². The molecule has 0 aliphatic carbocycles. The van der Waals surface area contributed by atoms with E-state index in [0.717, 1.165) is 22.3 Å². The summed E-state index contributed by atoms with van der Waals surface area (Å²) in [5.41, 5.74) is 4.46. The van der Waals surface area contributed by atoms with Gasteiger partial charge in [-0.2, -0.15) is 0 Å². The van der Waals surface area contributed by atoms with E-state index in [9.17, 15) is 5.11 Å². The predicted octanol–water partition coefficient (Wildman–Crippen LogP) is 4.97. The van der Waals surface area contributed by atoms with E-state index in [4.69, 9.17) is 0 Å². The number of aliphatic hydroxyl groups excluding tert-OH is 1. The molecule has 20 heavy (non-hydrogen) atoms. The summed E-state index contributed by atoms with van der Waals surface area (Å²) in [5, 5.41) is 9.70. The van der Waals surface area contributed by atoms with Gasteiger partial charge in [-0.05, 0) is 50.6 Å². The molecule has 0 heterocycles. The zero-order valence-corrected chi connectivity index (χ0v) is 13.7. The minimum Gasteiger partial charge on any atom is -0.389 e. The molecule has 2 aromatic carbocycles. The first-order valence-corrected chi connectivity index (χ1v) is 7.64. The number of hydrogen-bond donors (Lipinski definition) is 1. The standard InChI is InChI=1S/C17H20BrNO/c1-4-19(14-7-5-12(2)6-8-14)15-9-10-16(13(3)20)17(18)11-15/h5-11,13,20H,4H2,1-3H3/t13-/m1/s1. The summed E-state index contributed by atoms with van der Waals surface area (Å²) in [7, 11) is 0. The van der Waals surface area contributed by atoms with Crippen molar-refractivity contribution >= 4 is 27.3 Å². The van der Waals surface area contributed by atoms with Crippen molar-refractivity contribution in [2.24, 2.45) is 0 Å². The third-order valence-corrected chi connectivity index (χ3v) is 4.09. The van der Waals surface area contributed by atoms with E-state index >= 15 is 0 Å². The molecule has 2 nitrogen and oxygen atoms in total. The number of rotatable bonds is 4. The summed E-state index contributed by atoms with van der Waals surface area (Å²) >= 11 is 3.54. The van der Waals surface area contributed by atoms with Crippen LogP contribution in [0.15, 0.2) is 46.9 Å². The molecular formula is C17H20BrNO. The molecule has 1 N–H and O–H groups in total. The number of benzene rings is 2. The first kappa shape index (κ1) is 15.1. The topological polar surface area (TPSA) is 23.5 Å². The molecule has 0 saturated carbocycles. The van der Waals surface area contributed by atoms with Gasteiger partial charge in [0.05, 0.1) is 6.10 Å². The molecule has 2 aromatic rings. The lowest BCUT2D eigenvalue weighted by Gasteiger charge is -2.24. The fraction of sp³-hybridized carbons (Fsp3) is 0.294. The largest absolute Gasteiger partial charge is 0.389 e. The Morgan fingerprint density at radius 1 is 1.10 bits per heavy atom. The molecule has 106 valence electrons. The number of anilines is 2. The van der Waals surface area contributed by atoms with E-state index in [2.05, 4.69) is 71.1 Å². The monoisotopic (exact) mass is 333 g/mol. The third kappa shape index (κ3) is 3.22. The van der Waals surface area contributed by atoms with E-state index < -0.39 is 6.10 Å². The molecule has 2 rings (SSSR count). The molecule has 0 fully saturated rings. The van der Waals surface area contributed by atoms with Crippen molar-refractivity contribution in [1.82, 2.24) is 0 Å². The van der Waals surface area contributed by atoms with Crippen molar-refractivity contribution in [3.05, 3.63) is 58.1 Å². The van der Waals surface area contributed by atoms with Crippen LogP contribution < -0.4 is 4.90 Å². The third-order valence-electron chi connectivity index (χ3n) is 3.41. The van der Waals surface area contributed by atoms with Crippen LogP contribution in [-0.2, 0) is 0 Å². The molecule has 0 spiro atoms. The van der Waals surface area contributed by atoms with Crippen LogP contribution in [0.3, 0.4) is 0 Å². The van der Waals surface area contributed by atoms with Crippen LogP contribution >= 0.6 is 15.9 Å². The second-order valence-electron chi connectivity index (χ2n) is 4.96. The van der Waals surface area contributed by atoms with Gasteiger partial charge >= 0.3 is 0 Å². The van der Waals surface area contributed by atoms with Gasteiger partial charge in [0.2, 0.25) is 0 Å². The van der Waals surface area contributed by atoms with Crippen molar-refractivity contribution in [1.29, 1.82) is 0 Å². The maximum Gasteiger partial charge on any atom is 0.0772 e. The fourth-order valence-corrected chi connectivity index (χ4v) is 2.96. The van der Waals surface area contributed by atoms with E-state index in [1.807, 2.05) is 6.07 Å². The minimum atomic E-state index is -0.465. The molecule has 0 unspecified atom stereocenters. The summed E-state index contributed by atoms with van der Waals surface area (Å²) in [6, 6.07) is 14.6. The zero-order chi connectivity index (χ0) is 14.7. The Labute approximate surface area is 129 Å². The van der Waals surface area contributed by atoms with Gasteiger partial charge in [0.1, 0.15) is 0 Å². The molecule has 0 aliphatic heterocycles. The Morgan fingerprint density at radius 2 is 1.70 bits per heavy atom. The number of aliphatic hydroxyl groups is 1. The molecule has 1 atom stereocenters. The van der Waals surface area contributed by atoms with Gasteiger partial charge in [0, 0.05) is 22.4 Å². The molecule has 0 bridgehead atoms. The minimum absolute atomic E-state index is 0.465. The van der Waals surface area contributed by atoms with Crippen molar-refractivity contribution in [3.8, 4) is 0 Å². The van der Waals surface area contributed by atoms with Crippen LogP contribution in [0.25, 0.3) is 0 Å². The summed E-state index contributed by atoms with van der Waals surface area (Å²) in [5.74, 6) is 0. The molecule has 0 aliphatic rings. The van der Waals surface area contributed by atoms with Crippen LogP contribution in [0.1, 0.15) is 31.1 Å². The average molecular weight is 334 g/mol. The first-order chi connectivity index (χ1) is 9.52. The van der Waals surface area contributed by atoms with Gasteiger partial charge in [-0.3, -0.25) is 0 Å². The smallest absolute Gasteiger partial charge is 0.0772 e. The number of hydrogen-bond acceptors (Lipinski definition) is 2. The summed E-state index contributed by atoms with van der Waals surface area (Å²) in [6.07, 6.45) is -0.465. The second kappa shape index (κ2) is 6.42. The first-order valence-electron chi connectivity index (χ1n) is 6.84. The number of halogens is 1. The van der Waals surface area contributed by atoms with Crippen LogP contribution in [0.5, 0.6) is 0 Å². The lowest BCUT2D eigenvalue weighted by atomic mass is 10.1. The van der Waals surface area contributed by atoms with E-state index in [0.29, 0.717) is 0 Å². The molecule has 3 heteroatoms. The van der Waals surface area contributed by atoms with Crippen molar-refractivity contribution < 1.29 is 5.11 Å². The number of aryl methyl sites for hydroxylation is 1. The van der Waals surface area contributed by atoms with Gasteiger partial charge in [-0.25, -0.2) is 0 Å². The lowest BCUT2D eigenvalue weighted by molar-refractivity contribution is 0.198. The Morgan fingerprint density at radius 3 is 2.20 bits per heavy atom. The highest BCUT2D eigenvalue weighted by atomic mass is 79.9. The van der Waals surface area contributed by atoms with Crippen molar-refractivity contribution in [2.45, 2.75) is 26.9 Å². The van der Waals surface area contributed by atoms with Crippen molar-refractivity contribution in [2.75, 3.05) is 11.4 Å². The van der Waals surface area contributed by atoms with Crippen LogP contribution in [-0.4, -0.2) is 11.7 Å². The van der Waals surface area contributed by atoms with Gasteiger partial charge in [-0.1, -0.05) is 39.7 Å². The van der Waals surface area contributed by atoms with E-state index in [1.54, 1.807) is 6.92 Å². The Bertz CT molecular complexity index is 578. The maximum absolute atomic E-state index is 9.70. The maximum atomic E-state index is 9.70. The fourth-order valence-electron chi connectivity index (χ4n) is 2.26. The summed E-state index contributed by atoms with van der Waals surface area (Å²) < 4.78 is 0.940. The lowest BCUT2D eigenvalue weighted by Crippen LogP contribution is -2.16. The highest BCUT2D eigenvalue weighted by molar-refractivity contribution is 9.10. The SMILES string of the molecule is CCN(c1ccc(C)cc1)c1ccc([C@@H](C)O)c(Br)c1. The van der Waals surface area contributed by atoms with Gasteiger partial charge in [0.15, 0.2) is 0 Å². The Hall–Kier alpha value is -1.32. The second-order valence-corrected chi connectivity index (χ2v) is 5.82. The Kier molecular flexibility index (Phi) is 4.84. The Balaban J connectivity index is 2.37. The normalized spacial score (nSPS) is 12.2. The van der Waals surface area contributed by atoms with Crippen molar-refractivity contribution in [3.63, 3.8) is 0 Å². The molecule has 0 saturated heterocycles. The average Bonchev–Trinajstić information content (AvgIpc) is 2.41. The highest BCUT2D eigenvalue weighted by Gasteiger charge is 2.11. The molecule has 0 radical (unpaired) electrons. The quantitative estimate of drug-likeness (QED) is 0.853. The van der Waals surface area contributed by atoms with Gasteiger partial charge in [-0.15, -0.1) is 0 Å². The predicted molar refractivity (Wildman–Crippen MR) is 88.6 cm³/mol. The number of nitrogens with zero attached hydrogens (tertiary/aromatic N) is 1. The molecule has 0 amide bonds. The van der Waals surface area contributed by atoms with Crippen LogP contribution in [0.2, 0.25) is 0 Å². The molecule has 0 aromatic heterocycles. The summed E-state index contributed by atoms with van der Waals surface area (Å²) in [4.78, 5) is 2.25.